The van der Waals surface area contributed by atoms with Gasteiger partial charge in [-0.25, -0.2) is 8.78 Å². The van der Waals surface area contributed by atoms with Crippen molar-refractivity contribution in [2.24, 2.45) is 0 Å². The van der Waals surface area contributed by atoms with Crippen LogP contribution < -0.4 is 10.2 Å². The van der Waals surface area contributed by atoms with Crippen molar-refractivity contribution >= 4 is 17.4 Å². The molecule has 0 aromatic heterocycles. The highest BCUT2D eigenvalue weighted by Gasteiger charge is 2.44. The minimum absolute atomic E-state index is 0.0151. The number of benzene rings is 2. The third-order valence-electron chi connectivity index (χ3n) is 6.88. The van der Waals surface area contributed by atoms with E-state index in [0.29, 0.717) is 31.7 Å². The molecule has 0 radical (unpaired) electrons. The highest BCUT2D eigenvalue weighted by molar-refractivity contribution is 6.04. The van der Waals surface area contributed by atoms with Crippen molar-refractivity contribution in [1.82, 2.24) is 10.2 Å². The molecule has 176 valence electrons. The fraction of sp³-hybridized carbons (Fsp3) is 0.440. The van der Waals surface area contributed by atoms with Crippen molar-refractivity contribution in [2.45, 2.75) is 31.3 Å². The van der Waals surface area contributed by atoms with Gasteiger partial charge in [-0.2, -0.15) is 0 Å². The van der Waals surface area contributed by atoms with Gasteiger partial charge in [0.1, 0.15) is 11.6 Å². The number of anilines is 1. The number of carbonyl (C=O) groups excluding carboxylic acids is 2. The van der Waals surface area contributed by atoms with E-state index in [9.17, 15) is 18.4 Å². The van der Waals surface area contributed by atoms with Gasteiger partial charge in [0.25, 0.3) is 5.91 Å². The molecule has 0 saturated carbocycles. The first kappa shape index (κ1) is 23.3. The summed E-state index contributed by atoms with van der Waals surface area (Å²) in [6.07, 6.45) is 1.95. The van der Waals surface area contributed by atoms with Gasteiger partial charge in [-0.3, -0.25) is 14.5 Å². The molecule has 0 aliphatic carbocycles. The Morgan fingerprint density at radius 3 is 2.64 bits per heavy atom. The molecule has 0 bridgehead atoms. The van der Waals surface area contributed by atoms with Crippen LogP contribution in [0, 0.1) is 11.6 Å². The molecule has 1 saturated heterocycles. The predicted octanol–water partition coefficient (Wildman–Crippen LogP) is 3.40. The van der Waals surface area contributed by atoms with Crippen LogP contribution in [-0.4, -0.2) is 62.5 Å². The Morgan fingerprint density at radius 1 is 1.15 bits per heavy atom. The lowest BCUT2D eigenvalue weighted by atomic mass is 9.76. The number of ether oxygens (including phenoxy) is 1. The number of hydrogen-bond donors (Lipinski definition) is 1. The van der Waals surface area contributed by atoms with E-state index in [1.54, 1.807) is 18.2 Å². The highest BCUT2D eigenvalue weighted by Crippen LogP contribution is 2.42. The van der Waals surface area contributed by atoms with E-state index in [0.717, 1.165) is 37.2 Å². The number of ketones is 1. The number of hydrogen-bond acceptors (Lipinski definition) is 5. The number of fused-ring (bicyclic) bond motifs is 1. The number of methoxy groups -OCH3 is 1. The van der Waals surface area contributed by atoms with Crippen molar-refractivity contribution in [1.29, 1.82) is 0 Å². The van der Waals surface area contributed by atoms with Crippen LogP contribution in [-0.2, 0) is 11.3 Å². The van der Waals surface area contributed by atoms with Crippen molar-refractivity contribution in [3.05, 3.63) is 64.7 Å². The molecule has 4 rings (SSSR count). The van der Waals surface area contributed by atoms with Gasteiger partial charge in [-0.1, -0.05) is 6.07 Å². The summed E-state index contributed by atoms with van der Waals surface area (Å²) >= 11 is 0. The number of carbonyl (C=O) groups is 2. The van der Waals surface area contributed by atoms with Crippen LogP contribution in [0.15, 0.2) is 36.4 Å². The molecular weight excluding hydrogens is 428 g/mol. The first-order valence-electron chi connectivity index (χ1n) is 11.2. The van der Waals surface area contributed by atoms with Crippen molar-refractivity contribution in [3.63, 3.8) is 0 Å². The van der Waals surface area contributed by atoms with Gasteiger partial charge >= 0.3 is 0 Å². The summed E-state index contributed by atoms with van der Waals surface area (Å²) in [6.45, 7) is 2.80. The zero-order chi connectivity index (χ0) is 23.6. The van der Waals surface area contributed by atoms with E-state index in [4.69, 9.17) is 4.74 Å². The number of nitrogens with one attached hydrogen (secondary N) is 1. The molecular formula is C25H29F2N3O3. The summed E-state index contributed by atoms with van der Waals surface area (Å²) in [7, 11) is 3.52. The van der Waals surface area contributed by atoms with Gasteiger partial charge in [0.05, 0.1) is 12.2 Å². The van der Waals surface area contributed by atoms with E-state index in [-0.39, 0.29) is 16.9 Å². The summed E-state index contributed by atoms with van der Waals surface area (Å²) in [5.41, 5.74) is 1.83. The molecule has 1 fully saturated rings. The Kier molecular flexibility index (Phi) is 6.76. The lowest BCUT2D eigenvalue weighted by Crippen LogP contribution is -2.57. The molecule has 0 unspecified atom stereocenters. The fourth-order valence-electron chi connectivity index (χ4n) is 4.90. The molecule has 2 aliphatic heterocycles. The molecule has 6 nitrogen and oxygen atoms in total. The molecule has 2 aliphatic rings. The van der Waals surface area contributed by atoms with E-state index < -0.39 is 17.5 Å². The molecule has 0 atom stereocenters. The maximum absolute atomic E-state index is 14.2. The topological polar surface area (TPSA) is 61.9 Å². The lowest BCUT2D eigenvalue weighted by Gasteiger charge is -2.51. The zero-order valence-electron chi connectivity index (χ0n) is 19.0. The monoisotopic (exact) mass is 457 g/mol. The first-order valence-corrected chi connectivity index (χ1v) is 11.2. The third-order valence-corrected chi connectivity index (χ3v) is 6.88. The van der Waals surface area contributed by atoms with Gasteiger partial charge in [-0.15, -0.1) is 0 Å². The number of amides is 1. The van der Waals surface area contributed by atoms with Crippen LogP contribution in [0.2, 0.25) is 0 Å². The van der Waals surface area contributed by atoms with E-state index in [1.807, 2.05) is 7.05 Å². The van der Waals surface area contributed by atoms with Gasteiger partial charge in [0.15, 0.2) is 5.78 Å². The smallest absolute Gasteiger partial charge is 0.254 e. The predicted molar refractivity (Wildman–Crippen MR) is 122 cm³/mol. The summed E-state index contributed by atoms with van der Waals surface area (Å²) in [6, 6.07) is 9.04. The Hall–Kier alpha value is -2.84. The van der Waals surface area contributed by atoms with Gasteiger partial charge in [0.2, 0.25) is 0 Å². The summed E-state index contributed by atoms with van der Waals surface area (Å²) in [5, 5.41) is 2.65. The third kappa shape index (κ3) is 4.77. The van der Waals surface area contributed by atoms with Crippen molar-refractivity contribution in [2.75, 3.05) is 45.3 Å². The maximum atomic E-state index is 14.2. The molecule has 2 aromatic rings. The van der Waals surface area contributed by atoms with Crippen LogP contribution in [0.25, 0.3) is 0 Å². The van der Waals surface area contributed by atoms with Crippen LogP contribution >= 0.6 is 0 Å². The van der Waals surface area contributed by atoms with Crippen LogP contribution in [0.1, 0.15) is 45.5 Å². The van der Waals surface area contributed by atoms with E-state index in [1.165, 1.54) is 25.3 Å². The minimum Gasteiger partial charge on any atom is -0.383 e. The van der Waals surface area contributed by atoms with Crippen molar-refractivity contribution in [3.8, 4) is 0 Å². The molecule has 2 aromatic carbocycles. The van der Waals surface area contributed by atoms with Gasteiger partial charge in [-0.05, 0) is 48.7 Å². The lowest BCUT2D eigenvalue weighted by molar-refractivity contribution is 0.0865. The second kappa shape index (κ2) is 9.57. The number of piperidine rings is 1. The average molecular weight is 458 g/mol. The SMILES string of the molecule is COCCNC(=O)c1cc(CN2CCC3(CC2)CC(=O)c2cc(F)ccc2N3C)ccc1F. The largest absolute Gasteiger partial charge is 0.383 e. The Balaban J connectivity index is 1.42. The summed E-state index contributed by atoms with van der Waals surface area (Å²) in [5.74, 6) is -1.42. The van der Waals surface area contributed by atoms with Crippen LogP contribution in [0.3, 0.4) is 0 Å². The molecule has 1 amide bonds. The molecule has 1 spiro atoms. The molecule has 8 heteroatoms. The van der Waals surface area contributed by atoms with Crippen molar-refractivity contribution < 1.29 is 23.1 Å². The number of nitrogens with zero attached hydrogens (tertiary/aromatic N) is 2. The average Bonchev–Trinajstić information content (AvgIpc) is 2.80. The molecule has 1 N–H and O–H groups in total. The molecule has 33 heavy (non-hydrogen) atoms. The van der Waals surface area contributed by atoms with E-state index in [2.05, 4.69) is 15.1 Å². The Labute approximate surface area is 192 Å². The number of halogens is 2. The van der Waals surface area contributed by atoms with Crippen LogP contribution in [0.5, 0.6) is 0 Å². The van der Waals surface area contributed by atoms with Gasteiger partial charge < -0.3 is 15.0 Å². The number of rotatable bonds is 6. The summed E-state index contributed by atoms with van der Waals surface area (Å²) in [4.78, 5) is 29.5. The first-order chi connectivity index (χ1) is 15.8. The number of likely N-dealkylation sites (tertiary alicyclic amines) is 1. The minimum atomic E-state index is -0.552. The highest BCUT2D eigenvalue weighted by atomic mass is 19.1. The fourth-order valence-corrected chi connectivity index (χ4v) is 4.90. The van der Waals surface area contributed by atoms with E-state index >= 15 is 0 Å². The maximum Gasteiger partial charge on any atom is 0.254 e. The zero-order valence-corrected chi connectivity index (χ0v) is 19.0. The second-order valence-corrected chi connectivity index (χ2v) is 8.88. The number of Topliss-reactive ketones (excluding diaryl/α,β-unsaturated/α-hetero) is 1. The van der Waals surface area contributed by atoms with Crippen LogP contribution in [0.4, 0.5) is 14.5 Å². The second-order valence-electron chi connectivity index (χ2n) is 8.88. The Bertz CT molecular complexity index is 1050. The normalized spacial score (nSPS) is 17.8. The quantitative estimate of drug-likeness (QED) is 0.674. The molecule has 2 heterocycles. The Morgan fingerprint density at radius 2 is 1.91 bits per heavy atom. The summed E-state index contributed by atoms with van der Waals surface area (Å²) < 4.78 is 32.8. The van der Waals surface area contributed by atoms with Gasteiger partial charge in [0, 0.05) is 63.5 Å². The standard InChI is InChI=1S/C25H29F2N3O3/c1-29-22-6-4-18(26)14-20(22)23(31)15-25(29)7-10-30(11-8-25)16-17-3-5-21(27)19(13-17)24(32)28-9-12-33-2/h3-6,13-14H,7-12,15-16H2,1-2H3,(H,28,32).